The van der Waals surface area contributed by atoms with E-state index in [1.54, 1.807) is 0 Å². The second-order valence-electron chi connectivity index (χ2n) is 0.634. The zero-order valence-corrected chi connectivity index (χ0v) is 9.54. The van der Waals surface area contributed by atoms with E-state index in [9.17, 15) is 9.59 Å². The molecule has 0 saturated heterocycles. The maximum absolute atomic E-state index is 9.21. The molecular weight excluding hydrogens is 302 g/mol. The fraction of sp³-hybridized carbons (Fsp3) is 0. The van der Waals surface area contributed by atoms with Gasteiger partial charge in [-0.3, -0.25) is 0 Å². The van der Waals surface area contributed by atoms with Crippen LogP contribution in [-0.4, -0.2) is 28.0 Å². The van der Waals surface area contributed by atoms with Gasteiger partial charge in [-0.2, -0.15) is 0 Å². The SMILES string of the molecule is O.O=C(O)OC(=O)O.[Zr].[Zr]. The Morgan fingerprint density at radius 1 is 1.00 bits per heavy atom. The van der Waals surface area contributed by atoms with Gasteiger partial charge in [0.1, 0.15) is 0 Å². The molecule has 0 aliphatic rings. The summed E-state index contributed by atoms with van der Waals surface area (Å²) in [5.74, 6) is 0. The Balaban J connectivity index is -0.0000000600. The Bertz CT molecular complexity index is 89.9. The van der Waals surface area contributed by atoms with Gasteiger partial charge in [0, 0.05) is 52.4 Å². The van der Waals surface area contributed by atoms with Crippen LogP contribution in [0.1, 0.15) is 0 Å². The fourth-order valence-electron chi connectivity index (χ4n) is 0.0747. The van der Waals surface area contributed by atoms with Crippen molar-refractivity contribution in [2.45, 2.75) is 0 Å². The van der Waals surface area contributed by atoms with Crippen molar-refractivity contribution in [1.82, 2.24) is 0 Å². The molecule has 0 aromatic heterocycles. The van der Waals surface area contributed by atoms with Gasteiger partial charge in [-0.1, -0.05) is 0 Å². The maximum atomic E-state index is 9.21. The first kappa shape index (κ1) is 22.4. The minimum atomic E-state index is -1.81. The molecule has 6 nitrogen and oxygen atoms in total. The molecule has 0 aliphatic heterocycles. The Hall–Kier alpha value is 0.466. The Morgan fingerprint density at radius 2 is 1.20 bits per heavy atom. The van der Waals surface area contributed by atoms with Crippen LogP contribution < -0.4 is 0 Å². The topological polar surface area (TPSA) is 115 Å². The number of carboxylic acid groups (broad SMARTS) is 2. The average Bonchev–Trinajstić information content (AvgIpc) is 1.27. The van der Waals surface area contributed by atoms with Crippen LogP contribution in [0.4, 0.5) is 9.59 Å². The maximum Gasteiger partial charge on any atom is 0.516 e. The van der Waals surface area contributed by atoms with Crippen LogP contribution in [0.5, 0.6) is 0 Å². The molecule has 56 valence electrons. The van der Waals surface area contributed by atoms with Gasteiger partial charge in [0.25, 0.3) is 0 Å². The summed E-state index contributed by atoms with van der Waals surface area (Å²) in [7, 11) is 0. The second kappa shape index (κ2) is 12.2. The summed E-state index contributed by atoms with van der Waals surface area (Å²) in [5, 5.41) is 15.0. The summed E-state index contributed by atoms with van der Waals surface area (Å²) in [6, 6.07) is 0. The van der Waals surface area contributed by atoms with Gasteiger partial charge in [-0.15, -0.1) is 0 Å². The van der Waals surface area contributed by atoms with Gasteiger partial charge in [0.05, 0.1) is 0 Å². The molecule has 0 atom stereocenters. The van der Waals surface area contributed by atoms with Crippen molar-refractivity contribution in [1.29, 1.82) is 0 Å². The standard InChI is InChI=1S/C2H2O5.H2O.2Zr/c3-1(4)7-2(5)6;;;/h(H,3,4)(H,5,6);1H2;;. The minimum absolute atomic E-state index is 0. The smallest absolute Gasteiger partial charge is 0.449 e. The average molecular weight is 306 g/mol. The molecule has 0 unspecified atom stereocenters. The quantitative estimate of drug-likeness (QED) is 0.464. The monoisotopic (exact) mass is 304 g/mol. The number of hydrogen-bond acceptors (Lipinski definition) is 3. The molecule has 0 amide bonds. The number of rotatable bonds is 0. The van der Waals surface area contributed by atoms with Crippen molar-refractivity contribution in [2.24, 2.45) is 0 Å². The molecule has 4 N–H and O–H groups in total. The van der Waals surface area contributed by atoms with E-state index in [4.69, 9.17) is 10.2 Å². The van der Waals surface area contributed by atoms with E-state index in [0.29, 0.717) is 0 Å². The summed E-state index contributed by atoms with van der Waals surface area (Å²) in [6.45, 7) is 0. The van der Waals surface area contributed by atoms with Crippen molar-refractivity contribution < 1.29 is 82.4 Å². The van der Waals surface area contributed by atoms with Crippen LogP contribution in [-0.2, 0) is 57.1 Å². The molecule has 0 aromatic carbocycles. The summed E-state index contributed by atoms with van der Waals surface area (Å²) in [5.41, 5.74) is 0. The molecule has 0 fully saturated rings. The first-order valence-corrected chi connectivity index (χ1v) is 1.26. The van der Waals surface area contributed by atoms with Crippen LogP contribution in [0, 0.1) is 0 Å². The van der Waals surface area contributed by atoms with Gasteiger partial charge >= 0.3 is 12.3 Å². The summed E-state index contributed by atoms with van der Waals surface area (Å²) >= 11 is 0. The number of ether oxygens (including phenoxy) is 1. The van der Waals surface area contributed by atoms with Gasteiger partial charge in [0.2, 0.25) is 0 Å². The molecule has 8 heteroatoms. The van der Waals surface area contributed by atoms with Gasteiger partial charge in [-0.25, -0.2) is 9.59 Å². The largest absolute Gasteiger partial charge is 0.516 e. The first-order chi connectivity index (χ1) is 3.13. The van der Waals surface area contributed by atoms with Crippen molar-refractivity contribution >= 4 is 12.3 Å². The molecule has 10 heavy (non-hydrogen) atoms. The third-order valence-electron chi connectivity index (χ3n) is 0.175. The van der Waals surface area contributed by atoms with Crippen LogP contribution in [0.15, 0.2) is 0 Å². The van der Waals surface area contributed by atoms with Crippen LogP contribution >= 0.6 is 0 Å². The normalized spacial score (nSPS) is 5.20. The van der Waals surface area contributed by atoms with Crippen molar-refractivity contribution in [3.63, 3.8) is 0 Å². The van der Waals surface area contributed by atoms with Gasteiger partial charge in [0.15, 0.2) is 0 Å². The summed E-state index contributed by atoms with van der Waals surface area (Å²) < 4.78 is 3.08. The molecule has 0 aliphatic carbocycles. The summed E-state index contributed by atoms with van der Waals surface area (Å²) in [6.07, 6.45) is -3.62. The fourth-order valence-corrected chi connectivity index (χ4v) is 0.0747. The molecule has 0 rings (SSSR count). The van der Waals surface area contributed by atoms with E-state index in [1.165, 1.54) is 0 Å². The zero-order valence-electron chi connectivity index (χ0n) is 4.62. The van der Waals surface area contributed by atoms with E-state index < -0.39 is 12.3 Å². The zero-order chi connectivity index (χ0) is 5.86. The van der Waals surface area contributed by atoms with Crippen LogP contribution in [0.25, 0.3) is 0 Å². The molecule has 0 bridgehead atoms. The van der Waals surface area contributed by atoms with E-state index >= 15 is 0 Å². The van der Waals surface area contributed by atoms with E-state index in [2.05, 4.69) is 4.74 Å². The molecule has 0 heterocycles. The first-order valence-electron chi connectivity index (χ1n) is 1.26. The molecule has 0 saturated carbocycles. The second-order valence-corrected chi connectivity index (χ2v) is 0.634. The predicted molar refractivity (Wildman–Crippen MR) is 20.7 cm³/mol. The van der Waals surface area contributed by atoms with Crippen LogP contribution in [0.2, 0.25) is 0 Å². The predicted octanol–water partition coefficient (Wildman–Crippen LogP) is -0.471. The van der Waals surface area contributed by atoms with Crippen molar-refractivity contribution in [3.05, 3.63) is 0 Å². The van der Waals surface area contributed by atoms with Crippen LogP contribution in [0.3, 0.4) is 0 Å². The minimum Gasteiger partial charge on any atom is -0.449 e. The number of hydrogen-bond donors (Lipinski definition) is 2. The van der Waals surface area contributed by atoms with Crippen molar-refractivity contribution in [3.8, 4) is 0 Å². The number of carbonyl (C=O) groups is 2. The third kappa shape index (κ3) is 23.7. The Kier molecular flexibility index (Phi) is 27.3. The Labute approximate surface area is 94.1 Å². The van der Waals surface area contributed by atoms with Crippen molar-refractivity contribution in [2.75, 3.05) is 0 Å². The van der Waals surface area contributed by atoms with E-state index in [-0.39, 0.29) is 57.9 Å². The van der Waals surface area contributed by atoms with E-state index in [1.807, 2.05) is 0 Å². The third-order valence-corrected chi connectivity index (χ3v) is 0.175. The molecule has 0 radical (unpaired) electrons. The molecule has 0 aromatic rings. The molecular formula is C2H4O6Zr2. The Morgan fingerprint density at radius 3 is 1.20 bits per heavy atom. The van der Waals surface area contributed by atoms with E-state index in [0.717, 1.165) is 0 Å². The van der Waals surface area contributed by atoms with Gasteiger partial charge < -0.3 is 20.4 Å². The molecule has 0 spiro atoms. The summed E-state index contributed by atoms with van der Waals surface area (Å²) in [4.78, 5) is 18.4. The van der Waals surface area contributed by atoms with Gasteiger partial charge in [-0.05, 0) is 0 Å².